The molecule has 0 spiro atoms. The Morgan fingerprint density at radius 1 is 1.16 bits per heavy atom. The zero-order chi connectivity index (χ0) is 22.9. The predicted molar refractivity (Wildman–Crippen MR) is 123 cm³/mol. The molecule has 0 unspecified atom stereocenters. The van der Waals surface area contributed by atoms with Gasteiger partial charge in [0.25, 0.3) is 5.91 Å². The highest BCUT2D eigenvalue weighted by Gasteiger charge is 2.22. The summed E-state index contributed by atoms with van der Waals surface area (Å²) in [6.45, 7) is 3.79. The number of benzene rings is 1. The van der Waals surface area contributed by atoms with E-state index in [4.69, 9.17) is 15.2 Å². The summed E-state index contributed by atoms with van der Waals surface area (Å²) >= 11 is 0. The molecule has 0 radical (unpaired) electrons. The van der Waals surface area contributed by atoms with Gasteiger partial charge in [0.05, 0.1) is 14.2 Å². The molecular weight excluding hydrogens is 406 g/mol. The number of nitrogens with one attached hydrogen (secondary N) is 1. The van der Waals surface area contributed by atoms with Crippen LogP contribution in [0.5, 0.6) is 11.5 Å². The van der Waals surface area contributed by atoms with Gasteiger partial charge in [-0.3, -0.25) is 4.79 Å². The fourth-order valence-electron chi connectivity index (χ4n) is 3.44. The van der Waals surface area contributed by atoms with E-state index in [1.165, 1.54) is 6.33 Å². The van der Waals surface area contributed by atoms with E-state index in [9.17, 15) is 4.79 Å². The molecule has 8 nitrogen and oxygen atoms in total. The van der Waals surface area contributed by atoms with Gasteiger partial charge in [0.1, 0.15) is 35.0 Å². The minimum Gasteiger partial charge on any atom is -0.497 e. The highest BCUT2D eigenvalue weighted by molar-refractivity contribution is 5.93. The second-order valence-corrected chi connectivity index (χ2v) is 7.33. The van der Waals surface area contributed by atoms with E-state index in [2.05, 4.69) is 39.0 Å². The standard InChI is InChI=1S/C24H27N5O3/c1-4-5-22(30)29-10-8-17(9-11-29)15-26-24-21(23(25)27-16-28-24)7-6-18-12-19(31-2)14-20(13-18)32-3/h12-14,16-17H,8-11,15H2,1-3H3,(H3,25,26,27,28). The van der Waals surface area contributed by atoms with E-state index >= 15 is 0 Å². The molecule has 8 heteroatoms. The number of piperidine rings is 1. The molecule has 1 aliphatic heterocycles. The maximum Gasteiger partial charge on any atom is 0.298 e. The number of carbonyl (C=O) groups excluding carboxylic acids is 1. The van der Waals surface area contributed by atoms with Crippen molar-refractivity contribution in [1.82, 2.24) is 14.9 Å². The molecule has 1 amide bonds. The number of methoxy groups -OCH3 is 2. The van der Waals surface area contributed by atoms with Gasteiger partial charge in [0.15, 0.2) is 0 Å². The van der Waals surface area contributed by atoms with Crippen LogP contribution in [0.4, 0.5) is 11.6 Å². The summed E-state index contributed by atoms with van der Waals surface area (Å²) in [4.78, 5) is 22.1. The molecule has 32 heavy (non-hydrogen) atoms. The molecule has 166 valence electrons. The van der Waals surface area contributed by atoms with Crippen LogP contribution in [0.15, 0.2) is 24.5 Å². The molecular formula is C24H27N5O3. The molecule has 0 bridgehead atoms. The number of aromatic nitrogens is 2. The van der Waals surface area contributed by atoms with Crippen molar-refractivity contribution in [3.05, 3.63) is 35.7 Å². The Kier molecular flexibility index (Phi) is 7.77. The second-order valence-electron chi connectivity index (χ2n) is 7.33. The summed E-state index contributed by atoms with van der Waals surface area (Å²) in [5.41, 5.74) is 7.35. The van der Waals surface area contributed by atoms with Gasteiger partial charge in [0.2, 0.25) is 0 Å². The quantitative estimate of drug-likeness (QED) is 0.697. The Morgan fingerprint density at radius 3 is 2.47 bits per heavy atom. The van der Waals surface area contributed by atoms with E-state index in [-0.39, 0.29) is 5.91 Å². The molecule has 1 aliphatic rings. The van der Waals surface area contributed by atoms with Crippen LogP contribution in [-0.4, -0.2) is 54.6 Å². The molecule has 1 aromatic carbocycles. The Morgan fingerprint density at radius 2 is 1.84 bits per heavy atom. The molecule has 1 aromatic heterocycles. The minimum atomic E-state index is -0.103. The molecule has 0 saturated carbocycles. The van der Waals surface area contributed by atoms with Crippen LogP contribution in [-0.2, 0) is 4.79 Å². The lowest BCUT2D eigenvalue weighted by Gasteiger charge is -2.30. The van der Waals surface area contributed by atoms with Gasteiger partial charge < -0.3 is 25.4 Å². The number of hydrogen-bond acceptors (Lipinski definition) is 7. The smallest absolute Gasteiger partial charge is 0.298 e. The number of ether oxygens (including phenoxy) is 2. The zero-order valence-corrected chi connectivity index (χ0v) is 18.6. The van der Waals surface area contributed by atoms with Crippen molar-refractivity contribution in [2.45, 2.75) is 19.8 Å². The van der Waals surface area contributed by atoms with Crippen molar-refractivity contribution >= 4 is 17.5 Å². The zero-order valence-electron chi connectivity index (χ0n) is 18.6. The Hall–Kier alpha value is -3.91. The maximum atomic E-state index is 11.9. The van der Waals surface area contributed by atoms with E-state index in [0.29, 0.717) is 54.3 Å². The molecule has 1 saturated heterocycles. The average Bonchev–Trinajstić information content (AvgIpc) is 2.82. The van der Waals surface area contributed by atoms with Crippen molar-refractivity contribution in [2.75, 3.05) is 44.9 Å². The summed E-state index contributed by atoms with van der Waals surface area (Å²) in [6.07, 6.45) is 3.22. The first-order chi connectivity index (χ1) is 15.5. The average molecular weight is 434 g/mol. The molecule has 3 rings (SSSR count). The van der Waals surface area contributed by atoms with Crippen LogP contribution < -0.4 is 20.5 Å². The number of nitrogen functional groups attached to an aromatic ring is 1. The largest absolute Gasteiger partial charge is 0.497 e. The van der Waals surface area contributed by atoms with Crippen LogP contribution >= 0.6 is 0 Å². The SMILES string of the molecule is CC#CC(=O)N1CCC(CNc2ncnc(N)c2C#Cc2cc(OC)cc(OC)c2)CC1. The van der Waals surface area contributed by atoms with Gasteiger partial charge in [0, 0.05) is 31.3 Å². The van der Waals surface area contributed by atoms with Crippen molar-refractivity contribution in [3.63, 3.8) is 0 Å². The van der Waals surface area contributed by atoms with Crippen molar-refractivity contribution < 1.29 is 14.3 Å². The number of nitrogens with zero attached hydrogens (tertiary/aromatic N) is 3. The van der Waals surface area contributed by atoms with E-state index in [0.717, 1.165) is 18.4 Å². The van der Waals surface area contributed by atoms with Gasteiger partial charge in [-0.15, -0.1) is 0 Å². The van der Waals surface area contributed by atoms with E-state index in [1.54, 1.807) is 32.1 Å². The number of anilines is 2. The summed E-state index contributed by atoms with van der Waals surface area (Å²) in [5, 5.41) is 3.36. The summed E-state index contributed by atoms with van der Waals surface area (Å²) in [5.74, 6) is 14.0. The van der Waals surface area contributed by atoms with E-state index < -0.39 is 0 Å². The summed E-state index contributed by atoms with van der Waals surface area (Å²) in [7, 11) is 3.18. The molecule has 1 fully saturated rings. The monoisotopic (exact) mass is 433 g/mol. The van der Waals surface area contributed by atoms with Crippen LogP contribution in [0.2, 0.25) is 0 Å². The van der Waals surface area contributed by atoms with Gasteiger partial charge in [-0.2, -0.15) is 0 Å². The third-order valence-electron chi connectivity index (χ3n) is 5.25. The fraction of sp³-hybridized carbons (Fsp3) is 0.375. The Balaban J connectivity index is 1.70. The maximum absolute atomic E-state index is 11.9. The summed E-state index contributed by atoms with van der Waals surface area (Å²) in [6, 6.07) is 5.42. The molecule has 3 N–H and O–H groups in total. The fourth-order valence-corrected chi connectivity index (χ4v) is 3.44. The topological polar surface area (TPSA) is 103 Å². The van der Waals surface area contributed by atoms with Crippen LogP contribution in [0.3, 0.4) is 0 Å². The lowest BCUT2D eigenvalue weighted by Crippen LogP contribution is -2.39. The third kappa shape index (κ3) is 5.83. The number of likely N-dealkylation sites (tertiary alicyclic amines) is 1. The molecule has 2 aromatic rings. The number of amides is 1. The normalized spacial score (nSPS) is 13.3. The number of rotatable bonds is 5. The number of carbonyl (C=O) groups is 1. The highest BCUT2D eigenvalue weighted by atomic mass is 16.5. The lowest BCUT2D eigenvalue weighted by molar-refractivity contribution is -0.126. The van der Waals surface area contributed by atoms with Crippen LogP contribution in [0, 0.1) is 29.6 Å². The first-order valence-electron chi connectivity index (χ1n) is 10.3. The first-order valence-corrected chi connectivity index (χ1v) is 10.3. The van der Waals surface area contributed by atoms with Gasteiger partial charge in [-0.05, 0) is 43.7 Å². The van der Waals surface area contributed by atoms with E-state index in [1.807, 2.05) is 12.1 Å². The Labute approximate surface area is 188 Å². The van der Waals surface area contributed by atoms with Crippen molar-refractivity contribution in [3.8, 4) is 35.2 Å². The highest BCUT2D eigenvalue weighted by Crippen LogP contribution is 2.23. The summed E-state index contributed by atoms with van der Waals surface area (Å²) < 4.78 is 10.6. The number of nitrogens with two attached hydrogens (primary N) is 1. The second kappa shape index (κ2) is 10.9. The Bertz CT molecular complexity index is 1060. The number of hydrogen-bond donors (Lipinski definition) is 2. The molecule has 2 heterocycles. The van der Waals surface area contributed by atoms with Gasteiger partial charge in [-0.25, -0.2) is 9.97 Å². The third-order valence-corrected chi connectivity index (χ3v) is 5.25. The van der Waals surface area contributed by atoms with Crippen LogP contribution in [0.1, 0.15) is 30.9 Å². The first kappa shape index (κ1) is 22.8. The molecule has 0 atom stereocenters. The van der Waals surface area contributed by atoms with Gasteiger partial charge in [-0.1, -0.05) is 17.8 Å². The predicted octanol–water partition coefficient (Wildman–Crippen LogP) is 2.15. The lowest BCUT2D eigenvalue weighted by atomic mass is 9.96. The van der Waals surface area contributed by atoms with Crippen molar-refractivity contribution in [2.24, 2.45) is 5.92 Å². The van der Waals surface area contributed by atoms with Crippen LogP contribution in [0.25, 0.3) is 0 Å². The molecule has 0 aliphatic carbocycles. The van der Waals surface area contributed by atoms with Crippen molar-refractivity contribution in [1.29, 1.82) is 0 Å². The minimum absolute atomic E-state index is 0.103. The van der Waals surface area contributed by atoms with Gasteiger partial charge >= 0.3 is 0 Å².